The third-order valence-corrected chi connectivity index (χ3v) is 5.69. The monoisotopic (exact) mass is 440 g/mol. The molecule has 1 N–H and O–H groups in total. The minimum atomic E-state index is -0.302. The Labute approximate surface area is 194 Å². The van der Waals surface area contributed by atoms with Crippen LogP contribution in [0.4, 0.5) is 0 Å². The Balaban J connectivity index is 2.73. The van der Waals surface area contributed by atoms with Gasteiger partial charge in [0.2, 0.25) is 0 Å². The summed E-state index contributed by atoms with van der Waals surface area (Å²) in [4.78, 5) is 22.7. The molecule has 1 rings (SSSR count). The van der Waals surface area contributed by atoms with Crippen LogP contribution in [0.2, 0.25) is 0 Å². The molecule has 4 heteroatoms. The van der Waals surface area contributed by atoms with Crippen LogP contribution < -0.4 is 0 Å². The molecule has 0 amide bonds. The number of carbonyl (C=O) groups excluding carboxylic acids is 2. The van der Waals surface area contributed by atoms with Crippen LogP contribution >= 0.6 is 0 Å². The normalized spacial score (nSPS) is 20.7. The van der Waals surface area contributed by atoms with Gasteiger partial charge in [0.05, 0.1) is 0 Å². The molecule has 0 radical (unpaired) electrons. The second-order valence-electron chi connectivity index (χ2n) is 9.28. The fourth-order valence-corrected chi connectivity index (χ4v) is 3.46. The van der Waals surface area contributed by atoms with E-state index in [-0.39, 0.29) is 24.1 Å². The SMILES string of the molecule is CC(C=CC=C(C)C=CC1=CC(OC(=O)C=CCC(C)CCCO)CCC1(C)C)=CC=O. The summed E-state index contributed by atoms with van der Waals surface area (Å²) in [5, 5.41) is 8.89. The highest BCUT2D eigenvalue weighted by atomic mass is 16.5. The van der Waals surface area contributed by atoms with Gasteiger partial charge >= 0.3 is 5.97 Å². The second kappa shape index (κ2) is 14.6. The first-order chi connectivity index (χ1) is 15.2. The van der Waals surface area contributed by atoms with Crippen LogP contribution in [0.5, 0.6) is 0 Å². The van der Waals surface area contributed by atoms with Crippen LogP contribution in [0.15, 0.2) is 71.4 Å². The highest BCUT2D eigenvalue weighted by Crippen LogP contribution is 2.38. The lowest BCUT2D eigenvalue weighted by Gasteiger charge is -2.33. The maximum absolute atomic E-state index is 12.2. The Bertz CT molecular complexity index is 790. The molecule has 4 nitrogen and oxygen atoms in total. The van der Waals surface area contributed by atoms with Crippen LogP contribution in [0.1, 0.15) is 66.7 Å². The zero-order chi connectivity index (χ0) is 24.0. The number of hydrogen-bond acceptors (Lipinski definition) is 4. The van der Waals surface area contributed by atoms with E-state index in [9.17, 15) is 9.59 Å². The standard InChI is InChI=1S/C28H40O4/c1-22(12-8-19-29)11-7-13-27(31)32-26-16-18-28(4,5)25(21-26)15-14-23(2)9-6-10-24(3)17-20-30/h6-7,9-10,13-15,17,20-22,26,29H,8,11-12,16,18-19H2,1-5H3. The molecule has 0 heterocycles. The van der Waals surface area contributed by atoms with Gasteiger partial charge in [-0.15, -0.1) is 0 Å². The Hall–Kier alpha value is -2.46. The van der Waals surface area contributed by atoms with Crippen LogP contribution in [0.25, 0.3) is 0 Å². The number of ether oxygens (including phenoxy) is 1. The Kier molecular flexibility index (Phi) is 12.6. The summed E-state index contributed by atoms with van der Waals surface area (Å²) in [6.07, 6.45) is 21.9. The van der Waals surface area contributed by atoms with Crippen molar-refractivity contribution in [2.75, 3.05) is 6.61 Å². The fraction of sp³-hybridized carbons (Fsp3) is 0.500. The molecular weight excluding hydrogens is 400 g/mol. The highest BCUT2D eigenvalue weighted by Gasteiger charge is 2.29. The molecule has 0 saturated heterocycles. The van der Waals surface area contributed by atoms with Gasteiger partial charge in [0.25, 0.3) is 0 Å². The number of hydrogen-bond donors (Lipinski definition) is 1. The summed E-state index contributed by atoms with van der Waals surface area (Å²) in [5.41, 5.74) is 3.19. The van der Waals surface area contributed by atoms with Crippen molar-refractivity contribution in [2.24, 2.45) is 11.3 Å². The smallest absolute Gasteiger partial charge is 0.331 e. The van der Waals surface area contributed by atoms with E-state index in [4.69, 9.17) is 9.84 Å². The van der Waals surface area contributed by atoms with E-state index in [0.29, 0.717) is 5.92 Å². The second-order valence-corrected chi connectivity index (χ2v) is 9.28. The van der Waals surface area contributed by atoms with E-state index in [2.05, 4.69) is 39.0 Å². The molecule has 0 fully saturated rings. The van der Waals surface area contributed by atoms with Crippen LogP contribution in [0.3, 0.4) is 0 Å². The Morgan fingerprint density at radius 3 is 2.62 bits per heavy atom. The first kappa shape index (κ1) is 27.6. The molecule has 2 unspecified atom stereocenters. The summed E-state index contributed by atoms with van der Waals surface area (Å²) in [6, 6.07) is 0. The number of allylic oxidation sites excluding steroid dienone is 10. The number of carbonyl (C=O) groups is 2. The molecule has 2 atom stereocenters. The lowest BCUT2D eigenvalue weighted by molar-refractivity contribution is -0.141. The number of aldehydes is 1. The summed E-state index contributed by atoms with van der Waals surface area (Å²) >= 11 is 0. The van der Waals surface area contributed by atoms with E-state index >= 15 is 0 Å². The summed E-state index contributed by atoms with van der Waals surface area (Å²) in [7, 11) is 0. The number of aliphatic hydroxyl groups is 1. The van der Waals surface area contributed by atoms with Gasteiger partial charge in [-0.05, 0) is 80.6 Å². The summed E-state index contributed by atoms with van der Waals surface area (Å²) < 4.78 is 5.66. The van der Waals surface area contributed by atoms with Gasteiger partial charge in [-0.1, -0.05) is 62.8 Å². The number of esters is 1. The molecule has 0 aliphatic heterocycles. The van der Waals surface area contributed by atoms with Crippen molar-refractivity contribution in [3.8, 4) is 0 Å². The number of aliphatic hydroxyl groups excluding tert-OH is 1. The maximum atomic E-state index is 12.2. The molecule has 0 saturated carbocycles. The lowest BCUT2D eigenvalue weighted by Crippen LogP contribution is -2.26. The van der Waals surface area contributed by atoms with Crippen LogP contribution in [0, 0.1) is 11.3 Å². The molecule has 0 bridgehead atoms. The molecule has 1 aliphatic carbocycles. The minimum absolute atomic E-state index is 0.0246. The lowest BCUT2D eigenvalue weighted by atomic mass is 9.74. The number of rotatable bonds is 12. The minimum Gasteiger partial charge on any atom is -0.455 e. The topological polar surface area (TPSA) is 63.6 Å². The molecule has 176 valence electrons. The largest absolute Gasteiger partial charge is 0.455 e. The predicted molar refractivity (Wildman–Crippen MR) is 132 cm³/mol. The molecule has 32 heavy (non-hydrogen) atoms. The zero-order valence-electron chi connectivity index (χ0n) is 20.3. The predicted octanol–water partition coefficient (Wildman–Crippen LogP) is 6.20. The molecule has 0 spiro atoms. The summed E-state index contributed by atoms with van der Waals surface area (Å²) in [6.45, 7) is 10.7. The first-order valence-corrected chi connectivity index (χ1v) is 11.5. The van der Waals surface area contributed by atoms with E-state index in [1.165, 1.54) is 12.2 Å². The van der Waals surface area contributed by atoms with Crippen molar-refractivity contribution >= 4 is 12.3 Å². The van der Waals surface area contributed by atoms with Gasteiger partial charge in [0.1, 0.15) is 12.4 Å². The van der Waals surface area contributed by atoms with E-state index in [1.54, 1.807) is 0 Å². The average molecular weight is 441 g/mol. The van der Waals surface area contributed by atoms with Crippen LogP contribution in [-0.2, 0) is 14.3 Å². The Morgan fingerprint density at radius 1 is 1.22 bits per heavy atom. The molecule has 0 aromatic carbocycles. The van der Waals surface area contributed by atoms with Gasteiger partial charge < -0.3 is 9.84 Å². The molecule has 1 aliphatic rings. The van der Waals surface area contributed by atoms with E-state index in [1.807, 2.05) is 38.2 Å². The van der Waals surface area contributed by atoms with Crippen molar-refractivity contribution in [1.82, 2.24) is 0 Å². The van der Waals surface area contributed by atoms with Gasteiger partial charge in [0.15, 0.2) is 0 Å². The molecule has 0 aromatic rings. The summed E-state index contributed by atoms with van der Waals surface area (Å²) in [5.74, 6) is 0.137. The van der Waals surface area contributed by atoms with Crippen molar-refractivity contribution in [2.45, 2.75) is 72.8 Å². The van der Waals surface area contributed by atoms with Crippen molar-refractivity contribution in [1.29, 1.82) is 0 Å². The molecule has 0 aromatic heterocycles. The highest BCUT2D eigenvalue weighted by molar-refractivity contribution is 5.82. The third kappa shape index (κ3) is 11.2. The van der Waals surface area contributed by atoms with Gasteiger partial charge in [-0.3, -0.25) is 4.79 Å². The van der Waals surface area contributed by atoms with E-state index < -0.39 is 0 Å². The first-order valence-electron chi connectivity index (χ1n) is 11.5. The van der Waals surface area contributed by atoms with Gasteiger partial charge in [-0.25, -0.2) is 4.79 Å². The van der Waals surface area contributed by atoms with E-state index in [0.717, 1.165) is 55.1 Å². The third-order valence-electron chi connectivity index (χ3n) is 5.69. The van der Waals surface area contributed by atoms with Gasteiger partial charge in [0, 0.05) is 12.7 Å². The molecular formula is C28H40O4. The van der Waals surface area contributed by atoms with Crippen LogP contribution in [-0.4, -0.2) is 30.1 Å². The fourth-order valence-electron chi connectivity index (χ4n) is 3.46. The average Bonchev–Trinajstić information content (AvgIpc) is 2.72. The van der Waals surface area contributed by atoms with Gasteiger partial charge in [-0.2, -0.15) is 0 Å². The maximum Gasteiger partial charge on any atom is 0.331 e. The quantitative estimate of drug-likeness (QED) is 0.170. The zero-order valence-corrected chi connectivity index (χ0v) is 20.3. The Morgan fingerprint density at radius 2 is 1.94 bits per heavy atom. The van der Waals surface area contributed by atoms with Crippen molar-refractivity contribution < 1.29 is 19.4 Å². The van der Waals surface area contributed by atoms with Crippen molar-refractivity contribution in [3.05, 3.63) is 71.4 Å². The van der Waals surface area contributed by atoms with Crippen molar-refractivity contribution in [3.63, 3.8) is 0 Å².